The van der Waals surface area contributed by atoms with Crippen LogP contribution in [0.25, 0.3) is 0 Å². The third-order valence-corrected chi connectivity index (χ3v) is 6.53. The Kier molecular flexibility index (Phi) is 8.39. The summed E-state index contributed by atoms with van der Waals surface area (Å²) in [7, 11) is 0. The molecule has 4 rings (SSSR count). The molecule has 0 saturated carbocycles. The molecule has 6 heteroatoms. The number of unbranched alkanes of at least 4 members (excludes halogenated alkanes) is 1. The second-order valence-electron chi connectivity index (χ2n) is 9.00. The zero-order valence-electron chi connectivity index (χ0n) is 20.2. The summed E-state index contributed by atoms with van der Waals surface area (Å²) < 4.78 is 0. The summed E-state index contributed by atoms with van der Waals surface area (Å²) in [5.74, 6) is 0. The van der Waals surface area contributed by atoms with Crippen molar-refractivity contribution >= 4 is 5.71 Å². The topological polar surface area (TPSA) is 76.6 Å². The zero-order valence-corrected chi connectivity index (χ0v) is 20.2. The van der Waals surface area contributed by atoms with Crippen molar-refractivity contribution in [3.8, 4) is 0 Å². The number of hydrogen-bond donors (Lipinski definition) is 1. The smallest absolute Gasteiger partial charge is 0.142 e. The Labute approximate surface area is 202 Å². The third-order valence-electron chi connectivity index (χ3n) is 6.53. The lowest BCUT2D eigenvalue weighted by Crippen LogP contribution is -2.41. The standard InChI is InChI=1S/C28H35N5O/c1-21-10-8-15-30-27(21)25-18-24(32-34-20-23-12-4-3-5-13-23)19-26(33(25)17-7-6-14-29)28-22(2)11-9-16-31-28/h3-5,8-13,15-16,25-26H,6-7,14,17-20,29H2,1-2H3/t25-,26?/m0/s1. The molecule has 1 aromatic carbocycles. The van der Waals surface area contributed by atoms with E-state index in [0.717, 1.165) is 54.9 Å². The van der Waals surface area contributed by atoms with Gasteiger partial charge in [0.05, 0.1) is 29.2 Å². The average Bonchev–Trinajstić information content (AvgIpc) is 2.86. The molecule has 1 saturated heterocycles. The van der Waals surface area contributed by atoms with Gasteiger partial charge >= 0.3 is 0 Å². The Morgan fingerprint density at radius 3 is 2.06 bits per heavy atom. The number of pyridine rings is 2. The van der Waals surface area contributed by atoms with Gasteiger partial charge in [0.1, 0.15) is 6.61 Å². The molecule has 1 aliphatic heterocycles. The van der Waals surface area contributed by atoms with Crippen LogP contribution in [0.4, 0.5) is 0 Å². The van der Waals surface area contributed by atoms with Gasteiger partial charge < -0.3 is 10.6 Å². The lowest BCUT2D eigenvalue weighted by atomic mass is 9.87. The van der Waals surface area contributed by atoms with Gasteiger partial charge in [0, 0.05) is 25.2 Å². The minimum Gasteiger partial charge on any atom is -0.391 e. The van der Waals surface area contributed by atoms with E-state index in [1.54, 1.807) is 0 Å². The number of piperidine rings is 1. The number of nitrogens with two attached hydrogens (primary N) is 1. The van der Waals surface area contributed by atoms with Crippen LogP contribution in [0, 0.1) is 13.8 Å². The van der Waals surface area contributed by atoms with Gasteiger partial charge in [-0.3, -0.25) is 14.9 Å². The maximum absolute atomic E-state index is 5.83. The number of oxime groups is 1. The minimum absolute atomic E-state index is 0.109. The maximum Gasteiger partial charge on any atom is 0.142 e. The third kappa shape index (κ3) is 5.88. The van der Waals surface area contributed by atoms with E-state index in [1.807, 2.05) is 42.7 Å². The number of aromatic nitrogens is 2. The van der Waals surface area contributed by atoms with Crippen LogP contribution >= 0.6 is 0 Å². The molecule has 0 radical (unpaired) electrons. The molecule has 0 amide bonds. The van der Waals surface area contributed by atoms with Crippen LogP contribution in [-0.4, -0.2) is 33.7 Å². The molecule has 34 heavy (non-hydrogen) atoms. The highest BCUT2D eigenvalue weighted by molar-refractivity contribution is 5.86. The first-order valence-corrected chi connectivity index (χ1v) is 12.2. The van der Waals surface area contributed by atoms with Gasteiger partial charge in [-0.05, 0) is 68.6 Å². The van der Waals surface area contributed by atoms with Crippen molar-refractivity contribution in [2.24, 2.45) is 10.9 Å². The highest BCUT2D eigenvalue weighted by Crippen LogP contribution is 2.41. The fourth-order valence-electron chi connectivity index (χ4n) is 4.78. The molecule has 1 aliphatic rings. The van der Waals surface area contributed by atoms with Crippen molar-refractivity contribution in [1.29, 1.82) is 0 Å². The van der Waals surface area contributed by atoms with Crippen LogP contribution in [0.15, 0.2) is 72.1 Å². The molecular weight excluding hydrogens is 422 g/mol. The number of rotatable bonds is 9. The molecule has 6 nitrogen and oxygen atoms in total. The molecule has 178 valence electrons. The van der Waals surface area contributed by atoms with Gasteiger partial charge in [-0.1, -0.05) is 47.6 Å². The first-order chi connectivity index (χ1) is 16.7. The molecule has 1 fully saturated rings. The zero-order chi connectivity index (χ0) is 23.8. The second kappa shape index (κ2) is 11.9. The average molecular weight is 458 g/mol. The summed E-state index contributed by atoms with van der Waals surface area (Å²) in [6, 6.07) is 18.7. The molecule has 2 aromatic heterocycles. The van der Waals surface area contributed by atoms with Crippen LogP contribution in [-0.2, 0) is 11.4 Å². The van der Waals surface area contributed by atoms with E-state index in [1.165, 1.54) is 11.1 Å². The summed E-state index contributed by atoms with van der Waals surface area (Å²) in [6.07, 6.45) is 7.39. The summed E-state index contributed by atoms with van der Waals surface area (Å²) in [6.45, 7) is 6.38. The molecule has 1 unspecified atom stereocenters. The fraction of sp³-hybridized carbons (Fsp3) is 0.393. The van der Waals surface area contributed by atoms with Crippen molar-refractivity contribution < 1.29 is 4.84 Å². The lowest BCUT2D eigenvalue weighted by Gasteiger charge is -2.42. The normalized spacial score (nSPS) is 19.9. The van der Waals surface area contributed by atoms with Gasteiger partial charge in [0.2, 0.25) is 0 Å². The van der Waals surface area contributed by atoms with E-state index in [4.69, 9.17) is 20.5 Å². The maximum atomic E-state index is 5.83. The van der Waals surface area contributed by atoms with Gasteiger partial charge in [-0.15, -0.1) is 0 Å². The highest BCUT2D eigenvalue weighted by atomic mass is 16.6. The predicted octanol–water partition coefficient (Wildman–Crippen LogP) is 5.28. The van der Waals surface area contributed by atoms with Crippen LogP contribution in [0.3, 0.4) is 0 Å². The van der Waals surface area contributed by atoms with Crippen LogP contribution in [0.1, 0.15) is 65.8 Å². The van der Waals surface area contributed by atoms with Crippen molar-refractivity contribution in [2.45, 2.75) is 58.2 Å². The quantitative estimate of drug-likeness (QED) is 0.349. The minimum atomic E-state index is 0.109. The largest absolute Gasteiger partial charge is 0.391 e. The Balaban J connectivity index is 1.67. The number of hydrogen-bond acceptors (Lipinski definition) is 6. The summed E-state index contributed by atoms with van der Waals surface area (Å²) in [4.78, 5) is 18.0. The fourth-order valence-corrected chi connectivity index (χ4v) is 4.78. The van der Waals surface area contributed by atoms with E-state index < -0.39 is 0 Å². The summed E-state index contributed by atoms with van der Waals surface area (Å²) in [5.41, 5.74) is 12.6. The Bertz CT molecular complexity index is 1030. The van der Waals surface area contributed by atoms with Gasteiger partial charge in [0.15, 0.2) is 0 Å². The number of benzene rings is 1. The van der Waals surface area contributed by atoms with Crippen molar-refractivity contribution in [3.63, 3.8) is 0 Å². The van der Waals surface area contributed by atoms with Crippen molar-refractivity contribution in [1.82, 2.24) is 14.9 Å². The van der Waals surface area contributed by atoms with Crippen LogP contribution in [0.2, 0.25) is 0 Å². The SMILES string of the molecule is Cc1cccnc1C1CC(=NOCc2ccccc2)C[C@@H](c2ncccc2C)N1CCCCN. The molecule has 0 spiro atoms. The highest BCUT2D eigenvalue weighted by Gasteiger charge is 2.38. The molecule has 2 N–H and O–H groups in total. The van der Waals surface area contributed by atoms with Gasteiger partial charge in [-0.25, -0.2) is 0 Å². The predicted molar refractivity (Wildman–Crippen MR) is 136 cm³/mol. The first kappa shape index (κ1) is 24.0. The van der Waals surface area contributed by atoms with E-state index in [2.05, 4.69) is 48.2 Å². The van der Waals surface area contributed by atoms with E-state index in [-0.39, 0.29) is 12.1 Å². The van der Waals surface area contributed by atoms with Crippen LogP contribution in [0.5, 0.6) is 0 Å². The first-order valence-electron chi connectivity index (χ1n) is 12.2. The molecule has 2 atom stereocenters. The Morgan fingerprint density at radius 1 is 0.882 bits per heavy atom. The van der Waals surface area contributed by atoms with Crippen molar-refractivity contribution in [3.05, 3.63) is 95.1 Å². The Hall–Kier alpha value is -3.09. The van der Waals surface area contributed by atoms with Gasteiger partial charge in [-0.2, -0.15) is 0 Å². The number of aryl methyl sites for hydroxylation is 2. The Morgan fingerprint density at radius 2 is 1.50 bits per heavy atom. The number of likely N-dealkylation sites (tertiary alicyclic amines) is 1. The molecule has 3 heterocycles. The van der Waals surface area contributed by atoms with E-state index in [9.17, 15) is 0 Å². The molecular formula is C28H35N5O. The molecule has 0 bridgehead atoms. The second-order valence-corrected chi connectivity index (χ2v) is 9.00. The van der Waals surface area contributed by atoms with E-state index in [0.29, 0.717) is 13.2 Å². The summed E-state index contributed by atoms with van der Waals surface area (Å²) >= 11 is 0. The van der Waals surface area contributed by atoms with Crippen LogP contribution < -0.4 is 5.73 Å². The monoisotopic (exact) mass is 457 g/mol. The molecule has 3 aromatic rings. The molecule has 0 aliphatic carbocycles. The lowest BCUT2D eigenvalue weighted by molar-refractivity contribution is 0.0998. The van der Waals surface area contributed by atoms with Gasteiger partial charge in [0.25, 0.3) is 0 Å². The number of nitrogens with zero attached hydrogens (tertiary/aromatic N) is 4. The summed E-state index contributed by atoms with van der Waals surface area (Å²) in [5, 5.41) is 4.63. The van der Waals surface area contributed by atoms with E-state index >= 15 is 0 Å². The van der Waals surface area contributed by atoms with Crippen molar-refractivity contribution in [2.75, 3.05) is 13.1 Å².